The second kappa shape index (κ2) is 11.1. The van der Waals surface area contributed by atoms with Gasteiger partial charge in [-0.2, -0.15) is 0 Å². The molecule has 1 aromatic carbocycles. The molecule has 0 amide bonds. The summed E-state index contributed by atoms with van der Waals surface area (Å²) in [4.78, 5) is 0. The predicted octanol–water partition coefficient (Wildman–Crippen LogP) is 8.30. The lowest BCUT2D eigenvalue weighted by atomic mass is 9.89. The molecule has 1 aliphatic heterocycles. The Balaban J connectivity index is 1.66. The molecule has 0 bridgehead atoms. The Bertz CT molecular complexity index is 661. The number of hydrogen-bond acceptors (Lipinski definition) is 2. The molecule has 2 heteroatoms. The van der Waals surface area contributed by atoms with Crippen molar-refractivity contribution in [3.05, 3.63) is 29.3 Å². The van der Waals surface area contributed by atoms with Crippen LogP contribution in [0.4, 0.5) is 0 Å². The molecule has 3 unspecified atom stereocenters. The van der Waals surface area contributed by atoms with Crippen LogP contribution in [0, 0.1) is 24.7 Å². The molecule has 1 aliphatic rings. The highest BCUT2D eigenvalue weighted by Crippen LogP contribution is 2.38. The monoisotopic (exact) mass is 400 g/mol. The average molecular weight is 401 g/mol. The first kappa shape index (κ1) is 23.8. The van der Waals surface area contributed by atoms with Gasteiger partial charge >= 0.3 is 0 Å². The second-order valence-corrected chi connectivity index (χ2v) is 10.3. The van der Waals surface area contributed by atoms with Gasteiger partial charge in [-0.3, -0.25) is 0 Å². The first-order valence-corrected chi connectivity index (χ1v) is 11.9. The summed E-state index contributed by atoms with van der Waals surface area (Å²) in [6.45, 7) is 13.7. The van der Waals surface area contributed by atoms with Crippen LogP contribution in [-0.2, 0) is 0 Å². The minimum absolute atomic E-state index is 0.237. The van der Waals surface area contributed by atoms with Crippen LogP contribution in [-0.4, -0.2) is 10.7 Å². The molecule has 29 heavy (non-hydrogen) atoms. The molecule has 1 aromatic rings. The van der Waals surface area contributed by atoms with Gasteiger partial charge in [-0.15, -0.1) is 0 Å². The van der Waals surface area contributed by atoms with Gasteiger partial charge in [0.05, 0.1) is 0 Å². The minimum Gasteiger partial charge on any atom is -0.508 e. The Morgan fingerprint density at radius 1 is 0.897 bits per heavy atom. The highest BCUT2D eigenvalue weighted by Gasteiger charge is 2.28. The molecule has 0 radical (unpaired) electrons. The number of phenolic OH excluding ortho intramolecular Hbond substituents is 1. The summed E-state index contributed by atoms with van der Waals surface area (Å²) < 4.78 is 6.36. The van der Waals surface area contributed by atoms with Crippen molar-refractivity contribution in [2.45, 2.75) is 105 Å². The van der Waals surface area contributed by atoms with E-state index in [-0.39, 0.29) is 5.60 Å². The fourth-order valence-corrected chi connectivity index (χ4v) is 4.49. The maximum absolute atomic E-state index is 9.78. The van der Waals surface area contributed by atoms with Crippen LogP contribution in [0.2, 0.25) is 0 Å². The third-order valence-corrected chi connectivity index (χ3v) is 6.48. The summed E-state index contributed by atoms with van der Waals surface area (Å²) >= 11 is 0. The SMILES string of the molecule is Cc1cc(O)cc2c1OC(C)(CCCC(C)CCCC(C)CCCC(C)C)C=C2. The molecule has 0 aliphatic carbocycles. The zero-order valence-corrected chi connectivity index (χ0v) is 19.8. The number of benzene rings is 1. The summed E-state index contributed by atoms with van der Waals surface area (Å²) in [6, 6.07) is 3.56. The largest absolute Gasteiger partial charge is 0.508 e. The lowest BCUT2D eigenvalue weighted by Crippen LogP contribution is -2.32. The van der Waals surface area contributed by atoms with Gasteiger partial charge in [-0.05, 0) is 68.2 Å². The Kier molecular flexibility index (Phi) is 9.11. The van der Waals surface area contributed by atoms with Crippen molar-refractivity contribution in [2.24, 2.45) is 17.8 Å². The summed E-state index contributed by atoms with van der Waals surface area (Å²) in [5.41, 5.74) is 1.75. The van der Waals surface area contributed by atoms with Gasteiger partial charge in [0, 0.05) is 5.56 Å². The molecule has 0 fully saturated rings. The van der Waals surface area contributed by atoms with Gasteiger partial charge < -0.3 is 9.84 Å². The quantitative estimate of drug-likeness (QED) is 0.382. The number of phenols is 1. The molecule has 1 N–H and O–H groups in total. The van der Waals surface area contributed by atoms with E-state index in [2.05, 4.69) is 46.8 Å². The van der Waals surface area contributed by atoms with E-state index in [9.17, 15) is 5.11 Å². The molecule has 0 aromatic heterocycles. The van der Waals surface area contributed by atoms with Gasteiger partial charge in [-0.25, -0.2) is 0 Å². The first-order valence-electron chi connectivity index (χ1n) is 11.9. The Morgan fingerprint density at radius 2 is 1.48 bits per heavy atom. The topological polar surface area (TPSA) is 29.5 Å². The highest BCUT2D eigenvalue weighted by atomic mass is 16.5. The standard InChI is InChI=1S/C27H44O2/c1-20(2)10-7-11-21(3)12-8-13-22(4)14-9-16-27(6)17-15-24-19-25(28)18-23(5)26(24)29-27/h15,17-22,28H,7-14,16H2,1-6H3. The van der Waals surface area contributed by atoms with Crippen LogP contribution in [0.3, 0.4) is 0 Å². The van der Waals surface area contributed by atoms with E-state index in [1.165, 1.54) is 51.4 Å². The molecule has 0 saturated heterocycles. The molecule has 2 rings (SSSR count). The first-order chi connectivity index (χ1) is 13.7. The smallest absolute Gasteiger partial charge is 0.131 e. The second-order valence-electron chi connectivity index (χ2n) is 10.3. The van der Waals surface area contributed by atoms with Gasteiger partial charge in [-0.1, -0.05) is 78.7 Å². The van der Waals surface area contributed by atoms with E-state index in [0.29, 0.717) is 5.75 Å². The van der Waals surface area contributed by atoms with Gasteiger partial charge in [0.15, 0.2) is 0 Å². The lowest BCUT2D eigenvalue weighted by molar-refractivity contribution is 0.121. The third kappa shape index (κ3) is 8.07. The summed E-state index contributed by atoms with van der Waals surface area (Å²) in [5.74, 6) is 3.74. The summed E-state index contributed by atoms with van der Waals surface area (Å²) in [5, 5.41) is 9.78. The Labute approximate surface area is 179 Å². The maximum Gasteiger partial charge on any atom is 0.131 e. The minimum atomic E-state index is -0.237. The summed E-state index contributed by atoms with van der Waals surface area (Å²) in [6.07, 6.45) is 16.0. The number of aryl methyl sites for hydroxylation is 1. The van der Waals surface area contributed by atoms with Gasteiger partial charge in [0.2, 0.25) is 0 Å². The number of ether oxygens (including phenoxy) is 1. The number of hydrogen-bond donors (Lipinski definition) is 1. The summed E-state index contributed by atoms with van der Waals surface area (Å²) in [7, 11) is 0. The normalized spacial score (nSPS) is 20.4. The third-order valence-electron chi connectivity index (χ3n) is 6.48. The van der Waals surface area contributed by atoms with Crippen molar-refractivity contribution in [1.29, 1.82) is 0 Å². The van der Waals surface area contributed by atoms with E-state index in [4.69, 9.17) is 4.74 Å². The van der Waals surface area contributed by atoms with Gasteiger partial charge in [0.1, 0.15) is 17.1 Å². The zero-order valence-electron chi connectivity index (χ0n) is 19.8. The zero-order chi connectivity index (χ0) is 21.4. The van der Waals surface area contributed by atoms with Crippen molar-refractivity contribution in [1.82, 2.24) is 0 Å². The van der Waals surface area contributed by atoms with Crippen molar-refractivity contribution in [2.75, 3.05) is 0 Å². The molecule has 1 heterocycles. The van der Waals surface area contributed by atoms with Crippen LogP contribution in [0.5, 0.6) is 11.5 Å². The van der Waals surface area contributed by atoms with Crippen LogP contribution >= 0.6 is 0 Å². The van der Waals surface area contributed by atoms with Crippen LogP contribution < -0.4 is 4.74 Å². The highest BCUT2D eigenvalue weighted by molar-refractivity contribution is 5.65. The van der Waals surface area contributed by atoms with Crippen molar-refractivity contribution in [3.63, 3.8) is 0 Å². The number of rotatable bonds is 12. The van der Waals surface area contributed by atoms with Crippen LogP contribution in [0.15, 0.2) is 18.2 Å². The number of fused-ring (bicyclic) bond motifs is 1. The van der Waals surface area contributed by atoms with E-state index in [1.807, 2.05) is 6.92 Å². The Hall–Kier alpha value is -1.44. The van der Waals surface area contributed by atoms with Crippen LogP contribution in [0.25, 0.3) is 6.08 Å². The molecule has 164 valence electrons. The fourth-order valence-electron chi connectivity index (χ4n) is 4.49. The average Bonchev–Trinajstić information content (AvgIpc) is 2.62. The maximum atomic E-state index is 9.78. The number of aromatic hydroxyl groups is 1. The van der Waals surface area contributed by atoms with Gasteiger partial charge in [0.25, 0.3) is 0 Å². The van der Waals surface area contributed by atoms with Crippen molar-refractivity contribution < 1.29 is 9.84 Å². The molecule has 0 spiro atoms. The predicted molar refractivity (Wildman–Crippen MR) is 126 cm³/mol. The molecule has 3 atom stereocenters. The van der Waals surface area contributed by atoms with E-state index < -0.39 is 0 Å². The fraction of sp³-hybridized carbons (Fsp3) is 0.704. The lowest BCUT2D eigenvalue weighted by Gasteiger charge is -2.33. The van der Waals surface area contributed by atoms with Crippen LogP contribution in [0.1, 0.15) is 104 Å². The molecule has 0 saturated carbocycles. The molecular weight excluding hydrogens is 356 g/mol. The van der Waals surface area contributed by atoms with E-state index in [1.54, 1.807) is 12.1 Å². The van der Waals surface area contributed by atoms with E-state index in [0.717, 1.165) is 41.1 Å². The molecular formula is C27H44O2. The van der Waals surface area contributed by atoms with Crippen molar-refractivity contribution >= 4 is 6.08 Å². The molecule has 2 nitrogen and oxygen atoms in total. The van der Waals surface area contributed by atoms with Crippen molar-refractivity contribution in [3.8, 4) is 11.5 Å². The Morgan fingerprint density at radius 3 is 2.10 bits per heavy atom. The van der Waals surface area contributed by atoms with E-state index >= 15 is 0 Å².